The van der Waals surface area contributed by atoms with Crippen LogP contribution in [0.15, 0.2) is 29.2 Å². The Bertz CT molecular complexity index is 372. The van der Waals surface area contributed by atoms with E-state index in [1.807, 2.05) is 23.9 Å². The van der Waals surface area contributed by atoms with E-state index in [0.29, 0.717) is 5.54 Å². The Morgan fingerprint density at radius 3 is 2.17 bits per heavy atom. The highest BCUT2D eigenvalue weighted by Gasteiger charge is 2.27. The maximum absolute atomic E-state index is 5.71. The zero-order chi connectivity index (χ0) is 13.2. The molecule has 18 heavy (non-hydrogen) atoms. The second-order valence-electron chi connectivity index (χ2n) is 6.04. The fraction of sp³-hybridized carbons (Fsp3) is 0.600. The highest BCUT2D eigenvalue weighted by atomic mass is 32.2. The van der Waals surface area contributed by atoms with Gasteiger partial charge in [0, 0.05) is 21.4 Å². The summed E-state index contributed by atoms with van der Waals surface area (Å²) in [5, 5.41) is 0.757. The molecule has 1 aromatic carbocycles. The molecule has 1 fully saturated rings. The van der Waals surface area contributed by atoms with Crippen LogP contribution in [-0.2, 0) is 0 Å². The van der Waals surface area contributed by atoms with Gasteiger partial charge in [0.15, 0.2) is 0 Å². The smallest absolute Gasteiger partial charge is 0.0314 e. The number of piperidine rings is 1. The summed E-state index contributed by atoms with van der Waals surface area (Å²) in [5.41, 5.74) is 6.88. The predicted octanol–water partition coefficient (Wildman–Crippen LogP) is 3.62. The molecule has 1 aliphatic rings. The molecule has 0 aliphatic carbocycles. The quantitative estimate of drug-likeness (QED) is 0.827. The molecular formula is C15H24N2S. The summed E-state index contributed by atoms with van der Waals surface area (Å²) < 4.78 is 0. The van der Waals surface area contributed by atoms with E-state index >= 15 is 0 Å². The zero-order valence-electron chi connectivity index (χ0n) is 11.6. The lowest BCUT2D eigenvalue weighted by atomic mass is 10.0. The van der Waals surface area contributed by atoms with E-state index in [-0.39, 0.29) is 0 Å². The molecule has 0 atom stereocenters. The molecule has 2 rings (SSSR count). The van der Waals surface area contributed by atoms with Gasteiger partial charge >= 0.3 is 0 Å². The second kappa shape index (κ2) is 5.54. The lowest BCUT2D eigenvalue weighted by Gasteiger charge is -2.40. The van der Waals surface area contributed by atoms with Crippen molar-refractivity contribution >= 4 is 17.4 Å². The number of likely N-dealkylation sites (tertiary alicyclic amines) is 1. The molecule has 1 heterocycles. The van der Waals surface area contributed by atoms with Crippen LogP contribution in [0.4, 0.5) is 5.69 Å². The Morgan fingerprint density at radius 1 is 1.11 bits per heavy atom. The van der Waals surface area contributed by atoms with Crippen LogP contribution >= 0.6 is 11.8 Å². The maximum atomic E-state index is 5.71. The third-order valence-electron chi connectivity index (χ3n) is 3.57. The van der Waals surface area contributed by atoms with Crippen LogP contribution in [0.2, 0.25) is 0 Å². The number of nitrogens with two attached hydrogens (primary N) is 1. The van der Waals surface area contributed by atoms with Crippen molar-refractivity contribution < 1.29 is 0 Å². The molecule has 0 aromatic heterocycles. The van der Waals surface area contributed by atoms with Crippen LogP contribution in [0.5, 0.6) is 0 Å². The van der Waals surface area contributed by atoms with Gasteiger partial charge in [-0.15, -0.1) is 11.8 Å². The minimum Gasteiger partial charge on any atom is -0.399 e. The van der Waals surface area contributed by atoms with Crippen molar-refractivity contribution in [3.63, 3.8) is 0 Å². The topological polar surface area (TPSA) is 29.3 Å². The highest BCUT2D eigenvalue weighted by molar-refractivity contribution is 8.00. The number of rotatable bonds is 2. The Hall–Kier alpha value is -0.670. The van der Waals surface area contributed by atoms with Crippen molar-refractivity contribution in [1.29, 1.82) is 0 Å². The molecule has 0 saturated carbocycles. The number of hydrogen-bond donors (Lipinski definition) is 1. The van der Waals surface area contributed by atoms with Crippen molar-refractivity contribution in [2.75, 3.05) is 18.8 Å². The summed E-state index contributed by atoms with van der Waals surface area (Å²) >= 11 is 2.00. The molecule has 3 heteroatoms. The van der Waals surface area contributed by atoms with Crippen molar-refractivity contribution in [3.05, 3.63) is 24.3 Å². The van der Waals surface area contributed by atoms with Gasteiger partial charge < -0.3 is 5.73 Å². The largest absolute Gasteiger partial charge is 0.399 e. The lowest BCUT2D eigenvalue weighted by molar-refractivity contribution is 0.113. The summed E-state index contributed by atoms with van der Waals surface area (Å²) in [6.07, 6.45) is 2.57. The lowest BCUT2D eigenvalue weighted by Crippen LogP contribution is -2.46. The zero-order valence-corrected chi connectivity index (χ0v) is 12.5. The summed E-state index contributed by atoms with van der Waals surface area (Å²) in [6.45, 7) is 9.35. The van der Waals surface area contributed by atoms with Crippen molar-refractivity contribution in [3.8, 4) is 0 Å². The fourth-order valence-electron chi connectivity index (χ4n) is 2.38. The van der Waals surface area contributed by atoms with Crippen LogP contribution in [0, 0.1) is 0 Å². The Labute approximate surface area is 115 Å². The SMILES string of the molecule is CC(C)(C)N1CCC(Sc2ccc(N)cc2)CC1. The van der Waals surface area contributed by atoms with Crippen molar-refractivity contribution in [2.24, 2.45) is 0 Å². The van der Waals surface area contributed by atoms with Gasteiger partial charge in [0.25, 0.3) is 0 Å². The Morgan fingerprint density at radius 2 is 1.67 bits per heavy atom. The summed E-state index contributed by atoms with van der Waals surface area (Å²) in [4.78, 5) is 3.94. The Kier molecular flexibility index (Phi) is 4.23. The number of benzene rings is 1. The number of anilines is 1. The van der Waals surface area contributed by atoms with E-state index in [2.05, 4.69) is 37.8 Å². The first kappa shape index (κ1) is 13.8. The predicted molar refractivity (Wildman–Crippen MR) is 81.1 cm³/mol. The first-order chi connectivity index (χ1) is 8.45. The van der Waals surface area contributed by atoms with Gasteiger partial charge in [-0.1, -0.05) is 0 Å². The maximum Gasteiger partial charge on any atom is 0.0314 e. The monoisotopic (exact) mass is 264 g/mol. The van der Waals surface area contributed by atoms with E-state index in [0.717, 1.165) is 10.9 Å². The highest BCUT2D eigenvalue weighted by Crippen LogP contribution is 2.32. The third-order valence-corrected chi connectivity index (χ3v) is 4.92. The Balaban J connectivity index is 1.85. The first-order valence-corrected chi connectivity index (χ1v) is 7.60. The van der Waals surface area contributed by atoms with Crippen LogP contribution in [0.1, 0.15) is 33.6 Å². The molecule has 100 valence electrons. The van der Waals surface area contributed by atoms with Gasteiger partial charge in [-0.25, -0.2) is 0 Å². The average Bonchev–Trinajstić information content (AvgIpc) is 2.32. The third kappa shape index (κ3) is 3.66. The number of thioether (sulfide) groups is 1. The average molecular weight is 264 g/mol. The van der Waals surface area contributed by atoms with Gasteiger partial charge in [0.05, 0.1) is 0 Å². The molecule has 0 unspecified atom stereocenters. The van der Waals surface area contributed by atoms with E-state index in [1.165, 1.54) is 30.8 Å². The minimum absolute atomic E-state index is 0.316. The molecule has 0 spiro atoms. The summed E-state index contributed by atoms with van der Waals surface area (Å²) in [6, 6.07) is 8.26. The molecule has 2 nitrogen and oxygen atoms in total. The fourth-order valence-corrected chi connectivity index (χ4v) is 3.51. The van der Waals surface area contributed by atoms with Gasteiger partial charge in [-0.05, 0) is 71.0 Å². The number of nitrogen functional groups attached to an aromatic ring is 1. The molecule has 1 aliphatic heterocycles. The first-order valence-electron chi connectivity index (χ1n) is 6.72. The van der Waals surface area contributed by atoms with Gasteiger partial charge in [-0.3, -0.25) is 4.90 Å². The van der Waals surface area contributed by atoms with Crippen molar-refractivity contribution in [1.82, 2.24) is 4.90 Å². The minimum atomic E-state index is 0.316. The van der Waals surface area contributed by atoms with E-state index < -0.39 is 0 Å². The number of nitrogens with zero attached hydrogens (tertiary/aromatic N) is 1. The van der Waals surface area contributed by atoms with Gasteiger partial charge in [0.1, 0.15) is 0 Å². The molecule has 0 amide bonds. The molecule has 2 N–H and O–H groups in total. The molecule has 1 aromatic rings. The second-order valence-corrected chi connectivity index (χ2v) is 7.42. The molecule has 1 saturated heterocycles. The van der Waals surface area contributed by atoms with E-state index in [4.69, 9.17) is 5.73 Å². The van der Waals surface area contributed by atoms with Gasteiger partial charge in [-0.2, -0.15) is 0 Å². The van der Waals surface area contributed by atoms with Crippen LogP contribution in [0.3, 0.4) is 0 Å². The van der Waals surface area contributed by atoms with Crippen LogP contribution in [-0.4, -0.2) is 28.8 Å². The van der Waals surface area contributed by atoms with E-state index in [9.17, 15) is 0 Å². The van der Waals surface area contributed by atoms with Crippen molar-refractivity contribution in [2.45, 2.75) is 49.3 Å². The normalized spacial score (nSPS) is 19.1. The van der Waals surface area contributed by atoms with Crippen LogP contribution in [0.25, 0.3) is 0 Å². The summed E-state index contributed by atoms with van der Waals surface area (Å²) in [5.74, 6) is 0. The summed E-state index contributed by atoms with van der Waals surface area (Å²) in [7, 11) is 0. The van der Waals surface area contributed by atoms with Crippen LogP contribution < -0.4 is 5.73 Å². The molecule has 0 radical (unpaired) electrons. The molecule has 0 bridgehead atoms. The standard InChI is InChI=1S/C15H24N2S/c1-15(2,3)17-10-8-14(9-11-17)18-13-6-4-12(16)5-7-13/h4-7,14H,8-11,16H2,1-3H3. The van der Waals surface area contributed by atoms with E-state index in [1.54, 1.807) is 0 Å². The molecular weight excluding hydrogens is 240 g/mol. The van der Waals surface area contributed by atoms with Gasteiger partial charge in [0.2, 0.25) is 0 Å². The number of hydrogen-bond acceptors (Lipinski definition) is 3.